The van der Waals surface area contributed by atoms with Gasteiger partial charge in [0.1, 0.15) is 5.78 Å². The van der Waals surface area contributed by atoms with Crippen molar-refractivity contribution in [2.24, 2.45) is 5.73 Å². The summed E-state index contributed by atoms with van der Waals surface area (Å²) in [7, 11) is 0. The van der Waals surface area contributed by atoms with E-state index in [-0.39, 0.29) is 0 Å². The van der Waals surface area contributed by atoms with E-state index in [2.05, 4.69) is 0 Å². The maximum atomic E-state index is 10.6. The van der Waals surface area contributed by atoms with Gasteiger partial charge >= 0.3 is 0 Å². The van der Waals surface area contributed by atoms with Crippen molar-refractivity contribution in [3.05, 3.63) is 0 Å². The second-order valence-electron chi connectivity index (χ2n) is 2.38. The van der Waals surface area contributed by atoms with Crippen molar-refractivity contribution >= 4 is 5.78 Å². The summed E-state index contributed by atoms with van der Waals surface area (Å²) in [5.41, 5.74) is 5.54. The Morgan fingerprint density at radius 1 is 1.30 bits per heavy atom. The molecular weight excluding hydrogens is 126 g/mol. The van der Waals surface area contributed by atoms with Crippen LogP contribution in [0.5, 0.6) is 0 Å². The number of carbonyl (C=O) groups excluding carboxylic acids is 1. The van der Waals surface area contributed by atoms with E-state index in [1.54, 1.807) is 0 Å². The fourth-order valence-electron chi connectivity index (χ4n) is 0.962. The number of nitrogens with two attached hydrogens (primary N) is 1. The van der Waals surface area contributed by atoms with Gasteiger partial charge in [-0.1, -0.05) is 13.8 Å². The van der Waals surface area contributed by atoms with Crippen LogP contribution in [0.4, 0.5) is 0 Å². The van der Waals surface area contributed by atoms with Crippen LogP contribution < -0.4 is 5.73 Å². The number of rotatable bonds is 0. The van der Waals surface area contributed by atoms with Gasteiger partial charge in [-0.3, -0.25) is 4.79 Å². The molecule has 0 saturated heterocycles. The highest BCUT2D eigenvalue weighted by Crippen LogP contribution is 2.11. The van der Waals surface area contributed by atoms with Gasteiger partial charge < -0.3 is 5.73 Å². The van der Waals surface area contributed by atoms with Gasteiger partial charge in [0.05, 0.1) is 0 Å². The van der Waals surface area contributed by atoms with Crippen molar-refractivity contribution in [2.45, 2.75) is 45.6 Å². The summed E-state index contributed by atoms with van der Waals surface area (Å²) in [4.78, 5) is 10.6. The van der Waals surface area contributed by atoms with Crippen molar-refractivity contribution in [3.8, 4) is 0 Å². The molecule has 2 N–H and O–H groups in total. The average Bonchev–Trinajstić information content (AvgIpc) is 2.00. The molecule has 0 spiro atoms. The second kappa shape index (κ2) is 5.42. The van der Waals surface area contributed by atoms with E-state index in [1.165, 1.54) is 0 Å². The highest BCUT2D eigenvalue weighted by Gasteiger charge is 2.13. The highest BCUT2D eigenvalue weighted by molar-refractivity contribution is 5.79. The SMILES string of the molecule is CC.NC1CCC(=O)CC1. The molecule has 0 aromatic heterocycles. The highest BCUT2D eigenvalue weighted by atomic mass is 16.1. The van der Waals surface area contributed by atoms with E-state index in [9.17, 15) is 4.79 Å². The number of hydrogen-bond donors (Lipinski definition) is 1. The van der Waals surface area contributed by atoms with Gasteiger partial charge in [0.25, 0.3) is 0 Å². The molecule has 1 rings (SSSR count). The summed E-state index contributed by atoms with van der Waals surface area (Å²) in [5, 5.41) is 0. The fraction of sp³-hybridized carbons (Fsp3) is 0.875. The Morgan fingerprint density at radius 3 is 2.00 bits per heavy atom. The molecule has 2 nitrogen and oxygen atoms in total. The van der Waals surface area contributed by atoms with Gasteiger partial charge in [0, 0.05) is 18.9 Å². The van der Waals surface area contributed by atoms with Crippen LogP contribution in [-0.4, -0.2) is 11.8 Å². The summed E-state index contributed by atoms with van der Waals surface area (Å²) in [6, 6.07) is 0.299. The van der Waals surface area contributed by atoms with Crippen LogP contribution in [0.1, 0.15) is 39.5 Å². The summed E-state index contributed by atoms with van der Waals surface area (Å²) in [5.74, 6) is 0.381. The van der Waals surface area contributed by atoms with Crippen molar-refractivity contribution in [3.63, 3.8) is 0 Å². The van der Waals surface area contributed by atoms with Crippen molar-refractivity contribution < 1.29 is 4.79 Å². The van der Waals surface area contributed by atoms with E-state index in [0.717, 1.165) is 12.8 Å². The molecule has 0 aromatic carbocycles. The molecule has 0 aliphatic heterocycles. The minimum Gasteiger partial charge on any atom is -0.328 e. The van der Waals surface area contributed by atoms with E-state index in [1.807, 2.05) is 13.8 Å². The lowest BCUT2D eigenvalue weighted by atomic mass is 9.95. The third kappa shape index (κ3) is 3.62. The van der Waals surface area contributed by atoms with E-state index < -0.39 is 0 Å². The first-order valence-electron chi connectivity index (χ1n) is 4.06. The Bertz CT molecular complexity index is 91.4. The summed E-state index contributed by atoms with van der Waals surface area (Å²) >= 11 is 0. The van der Waals surface area contributed by atoms with Crippen molar-refractivity contribution in [1.29, 1.82) is 0 Å². The molecule has 1 fully saturated rings. The average molecular weight is 143 g/mol. The van der Waals surface area contributed by atoms with Crippen LogP contribution in [0.25, 0.3) is 0 Å². The van der Waals surface area contributed by atoms with Gasteiger partial charge in [-0.25, -0.2) is 0 Å². The lowest BCUT2D eigenvalue weighted by Gasteiger charge is -2.14. The first-order chi connectivity index (χ1) is 4.79. The zero-order valence-corrected chi connectivity index (χ0v) is 6.89. The largest absolute Gasteiger partial charge is 0.328 e. The zero-order chi connectivity index (χ0) is 7.98. The first-order valence-corrected chi connectivity index (χ1v) is 4.06. The minimum absolute atomic E-state index is 0.299. The first kappa shape index (κ1) is 9.63. The molecule has 60 valence electrons. The van der Waals surface area contributed by atoms with Crippen LogP contribution in [0.15, 0.2) is 0 Å². The Labute approximate surface area is 62.8 Å². The molecule has 1 aliphatic rings. The third-order valence-electron chi connectivity index (χ3n) is 1.59. The van der Waals surface area contributed by atoms with E-state index >= 15 is 0 Å². The normalized spacial score (nSPS) is 19.7. The summed E-state index contributed by atoms with van der Waals surface area (Å²) < 4.78 is 0. The molecule has 0 atom stereocenters. The summed E-state index contributed by atoms with van der Waals surface area (Å²) in [6.07, 6.45) is 3.22. The summed E-state index contributed by atoms with van der Waals surface area (Å²) in [6.45, 7) is 4.00. The van der Waals surface area contributed by atoms with Gasteiger partial charge in [0.15, 0.2) is 0 Å². The van der Waals surface area contributed by atoms with Crippen LogP contribution in [-0.2, 0) is 4.79 Å². The van der Waals surface area contributed by atoms with E-state index in [4.69, 9.17) is 5.73 Å². The standard InChI is InChI=1S/C6H11NO.C2H6/c7-5-1-3-6(8)4-2-5;1-2/h5H,1-4,7H2;1-2H3. The van der Waals surface area contributed by atoms with Gasteiger partial charge in [-0.05, 0) is 12.8 Å². The van der Waals surface area contributed by atoms with Crippen LogP contribution in [0, 0.1) is 0 Å². The maximum Gasteiger partial charge on any atom is 0.133 e. The van der Waals surface area contributed by atoms with Gasteiger partial charge in [0.2, 0.25) is 0 Å². The Hall–Kier alpha value is -0.370. The van der Waals surface area contributed by atoms with Gasteiger partial charge in [-0.15, -0.1) is 0 Å². The van der Waals surface area contributed by atoms with E-state index in [0.29, 0.717) is 24.7 Å². The quantitative estimate of drug-likeness (QED) is 0.558. The predicted octanol–water partition coefficient (Wildman–Crippen LogP) is 1.48. The molecule has 0 radical (unpaired) electrons. The predicted molar refractivity (Wildman–Crippen MR) is 42.8 cm³/mol. The van der Waals surface area contributed by atoms with Crippen LogP contribution in [0.2, 0.25) is 0 Å². The molecule has 0 unspecified atom stereocenters. The number of ketones is 1. The van der Waals surface area contributed by atoms with Crippen LogP contribution in [0.3, 0.4) is 0 Å². The monoisotopic (exact) mass is 143 g/mol. The second-order valence-corrected chi connectivity index (χ2v) is 2.38. The minimum atomic E-state index is 0.299. The molecule has 0 aromatic rings. The molecule has 0 amide bonds. The molecule has 1 aliphatic carbocycles. The molecule has 0 bridgehead atoms. The smallest absolute Gasteiger partial charge is 0.133 e. The number of carbonyl (C=O) groups is 1. The molecule has 1 saturated carbocycles. The number of Topliss-reactive ketones (excluding diaryl/α,β-unsaturated/α-hetero) is 1. The lowest BCUT2D eigenvalue weighted by molar-refractivity contribution is -0.120. The zero-order valence-electron chi connectivity index (χ0n) is 6.89. The molecular formula is C8H17NO. The van der Waals surface area contributed by atoms with Gasteiger partial charge in [-0.2, -0.15) is 0 Å². The molecule has 2 heteroatoms. The maximum absolute atomic E-state index is 10.6. The molecule has 0 heterocycles. The van der Waals surface area contributed by atoms with Crippen molar-refractivity contribution in [2.75, 3.05) is 0 Å². The van der Waals surface area contributed by atoms with Crippen molar-refractivity contribution in [1.82, 2.24) is 0 Å². The Kier molecular flexibility index (Phi) is 5.22. The third-order valence-corrected chi connectivity index (χ3v) is 1.59. The fourth-order valence-corrected chi connectivity index (χ4v) is 0.962. The van der Waals surface area contributed by atoms with Crippen LogP contribution >= 0.6 is 0 Å². The molecule has 10 heavy (non-hydrogen) atoms. The lowest BCUT2D eigenvalue weighted by Crippen LogP contribution is -2.26. The Morgan fingerprint density at radius 2 is 1.70 bits per heavy atom. The number of hydrogen-bond acceptors (Lipinski definition) is 2. The topological polar surface area (TPSA) is 43.1 Å². The Balaban J connectivity index is 0.000000371.